The van der Waals surface area contributed by atoms with Crippen molar-refractivity contribution in [3.63, 3.8) is 0 Å². The molecule has 0 bridgehead atoms. The van der Waals surface area contributed by atoms with E-state index in [4.69, 9.17) is 0 Å². The van der Waals surface area contributed by atoms with Gasteiger partial charge in [0.2, 0.25) is 5.91 Å². The van der Waals surface area contributed by atoms with Gasteiger partial charge in [-0.1, -0.05) is 52.0 Å². The van der Waals surface area contributed by atoms with Gasteiger partial charge in [-0.05, 0) is 35.3 Å². The van der Waals surface area contributed by atoms with E-state index in [0.717, 1.165) is 5.92 Å². The first-order valence-corrected chi connectivity index (χ1v) is 6.69. The fourth-order valence-electron chi connectivity index (χ4n) is 2.17. The third-order valence-corrected chi connectivity index (χ3v) is 3.62. The van der Waals surface area contributed by atoms with Crippen LogP contribution in [-0.2, 0) is 17.6 Å². The van der Waals surface area contributed by atoms with Gasteiger partial charge in [0.1, 0.15) is 0 Å². The molecule has 0 unspecified atom stereocenters. The van der Waals surface area contributed by atoms with E-state index < -0.39 is 0 Å². The van der Waals surface area contributed by atoms with Crippen LogP contribution in [0.2, 0.25) is 0 Å². The zero-order valence-corrected chi connectivity index (χ0v) is 12.0. The lowest BCUT2D eigenvalue weighted by molar-refractivity contribution is -0.117. The summed E-state index contributed by atoms with van der Waals surface area (Å²) in [6.45, 7) is 8.78. The van der Waals surface area contributed by atoms with Crippen molar-refractivity contribution >= 4 is 5.91 Å². The lowest BCUT2D eigenvalue weighted by atomic mass is 9.79. The molecule has 0 saturated carbocycles. The van der Waals surface area contributed by atoms with E-state index >= 15 is 0 Å². The standard InChI is InChI=1S/C13H18.C3H7NO/c1-13(2,3)12-8-10-6-4-5-7-11(10)9-12;1-2-3(4)5/h4-7,12H,8-9H2,1-3H3;2H2,1H3,(H2,4,5). The average molecular weight is 247 g/mol. The number of carbonyl (C=O) groups is 1. The number of carbonyl (C=O) groups excluding carboxylic acids is 1. The highest BCUT2D eigenvalue weighted by atomic mass is 16.1. The molecule has 0 heterocycles. The largest absolute Gasteiger partial charge is 0.370 e. The zero-order valence-electron chi connectivity index (χ0n) is 12.0. The van der Waals surface area contributed by atoms with Crippen molar-refractivity contribution in [2.24, 2.45) is 17.1 Å². The Hall–Kier alpha value is -1.31. The molecule has 0 fully saturated rings. The minimum Gasteiger partial charge on any atom is -0.370 e. The first kappa shape index (κ1) is 14.7. The number of fused-ring (bicyclic) bond motifs is 1. The molecule has 0 atom stereocenters. The number of hydrogen-bond donors (Lipinski definition) is 1. The summed E-state index contributed by atoms with van der Waals surface area (Å²) in [4.78, 5) is 9.59. The second-order valence-corrected chi connectivity index (χ2v) is 6.06. The van der Waals surface area contributed by atoms with E-state index in [9.17, 15) is 4.79 Å². The number of nitrogens with two attached hydrogens (primary N) is 1. The molecule has 0 aromatic heterocycles. The highest BCUT2D eigenvalue weighted by Gasteiger charge is 2.30. The van der Waals surface area contributed by atoms with Gasteiger partial charge in [0, 0.05) is 6.42 Å². The zero-order chi connectivity index (χ0) is 13.8. The Morgan fingerprint density at radius 1 is 1.22 bits per heavy atom. The van der Waals surface area contributed by atoms with Crippen LogP contribution in [0.25, 0.3) is 0 Å². The van der Waals surface area contributed by atoms with Crippen LogP contribution in [0.1, 0.15) is 45.2 Å². The number of primary amides is 1. The molecule has 18 heavy (non-hydrogen) atoms. The van der Waals surface area contributed by atoms with Crippen LogP contribution in [0, 0.1) is 11.3 Å². The summed E-state index contributed by atoms with van der Waals surface area (Å²) in [5.41, 5.74) is 8.25. The number of hydrogen-bond acceptors (Lipinski definition) is 1. The average Bonchev–Trinajstić information content (AvgIpc) is 2.73. The maximum Gasteiger partial charge on any atom is 0.217 e. The molecule has 1 aliphatic rings. The van der Waals surface area contributed by atoms with Crippen molar-refractivity contribution in [1.82, 2.24) is 0 Å². The van der Waals surface area contributed by atoms with Crippen molar-refractivity contribution < 1.29 is 4.79 Å². The van der Waals surface area contributed by atoms with Crippen LogP contribution in [-0.4, -0.2) is 5.91 Å². The minimum atomic E-state index is -0.245. The molecular formula is C16H25NO. The highest BCUT2D eigenvalue weighted by Crippen LogP contribution is 2.37. The first-order chi connectivity index (χ1) is 8.34. The molecule has 100 valence electrons. The smallest absolute Gasteiger partial charge is 0.217 e. The fourth-order valence-corrected chi connectivity index (χ4v) is 2.17. The Kier molecular flexibility index (Phi) is 4.94. The van der Waals surface area contributed by atoms with Crippen molar-refractivity contribution in [1.29, 1.82) is 0 Å². The molecule has 0 spiro atoms. The first-order valence-electron chi connectivity index (χ1n) is 6.69. The van der Waals surface area contributed by atoms with Crippen LogP contribution in [0.15, 0.2) is 24.3 Å². The molecule has 0 aliphatic heterocycles. The van der Waals surface area contributed by atoms with Crippen LogP contribution in [0.5, 0.6) is 0 Å². The third-order valence-electron chi connectivity index (χ3n) is 3.62. The van der Waals surface area contributed by atoms with Gasteiger partial charge in [-0.2, -0.15) is 0 Å². The number of rotatable bonds is 1. The summed E-state index contributed by atoms with van der Waals surface area (Å²) in [5.74, 6) is 0.593. The summed E-state index contributed by atoms with van der Waals surface area (Å²) >= 11 is 0. The Morgan fingerprint density at radius 2 is 1.61 bits per heavy atom. The van der Waals surface area contributed by atoms with Crippen LogP contribution >= 0.6 is 0 Å². The van der Waals surface area contributed by atoms with Crippen LogP contribution < -0.4 is 5.73 Å². The second kappa shape index (κ2) is 6.03. The molecule has 2 nitrogen and oxygen atoms in total. The molecule has 2 rings (SSSR count). The van der Waals surface area contributed by atoms with Crippen molar-refractivity contribution in [2.45, 2.75) is 47.0 Å². The summed E-state index contributed by atoms with van der Waals surface area (Å²) in [5, 5.41) is 0. The van der Waals surface area contributed by atoms with Crippen LogP contribution in [0.3, 0.4) is 0 Å². The van der Waals surface area contributed by atoms with E-state index in [1.54, 1.807) is 18.1 Å². The molecule has 1 aliphatic carbocycles. The maximum absolute atomic E-state index is 9.59. The lowest BCUT2D eigenvalue weighted by Gasteiger charge is -2.26. The van der Waals surface area contributed by atoms with Gasteiger partial charge in [0.05, 0.1) is 0 Å². The maximum atomic E-state index is 9.59. The molecule has 2 N–H and O–H groups in total. The van der Waals surface area contributed by atoms with E-state index in [2.05, 4.69) is 50.8 Å². The Labute approximate surface area is 111 Å². The predicted molar refractivity (Wildman–Crippen MR) is 76.3 cm³/mol. The van der Waals surface area contributed by atoms with Gasteiger partial charge < -0.3 is 5.73 Å². The van der Waals surface area contributed by atoms with E-state index in [-0.39, 0.29) is 5.91 Å². The monoisotopic (exact) mass is 247 g/mol. The van der Waals surface area contributed by atoms with Gasteiger partial charge in [-0.15, -0.1) is 0 Å². The Bertz CT molecular complexity index is 379. The molecule has 1 aromatic carbocycles. The molecule has 2 heteroatoms. The summed E-state index contributed by atoms with van der Waals surface area (Å²) < 4.78 is 0. The summed E-state index contributed by atoms with van der Waals surface area (Å²) in [7, 11) is 0. The van der Waals surface area contributed by atoms with Crippen molar-refractivity contribution in [3.8, 4) is 0 Å². The van der Waals surface area contributed by atoms with Crippen LogP contribution in [0.4, 0.5) is 0 Å². The molecule has 1 aromatic rings. The molecule has 1 amide bonds. The molecule has 0 radical (unpaired) electrons. The van der Waals surface area contributed by atoms with Gasteiger partial charge in [0.25, 0.3) is 0 Å². The quantitative estimate of drug-likeness (QED) is 0.812. The van der Waals surface area contributed by atoms with Gasteiger partial charge in [-0.25, -0.2) is 0 Å². The minimum absolute atomic E-state index is 0.245. The fraction of sp³-hybridized carbons (Fsp3) is 0.562. The molecular weight excluding hydrogens is 222 g/mol. The highest BCUT2D eigenvalue weighted by molar-refractivity contribution is 5.73. The number of amides is 1. The van der Waals surface area contributed by atoms with Gasteiger partial charge in [-0.3, -0.25) is 4.79 Å². The Balaban J connectivity index is 0.000000280. The predicted octanol–water partition coefficient (Wildman–Crippen LogP) is 3.33. The summed E-state index contributed by atoms with van der Waals surface area (Å²) in [6.07, 6.45) is 3.00. The van der Waals surface area contributed by atoms with E-state index in [1.807, 2.05) is 0 Å². The molecule has 0 saturated heterocycles. The normalized spacial score (nSPS) is 14.7. The third kappa shape index (κ3) is 4.17. The lowest BCUT2D eigenvalue weighted by Crippen LogP contribution is -2.20. The van der Waals surface area contributed by atoms with Crippen molar-refractivity contribution in [3.05, 3.63) is 35.4 Å². The van der Waals surface area contributed by atoms with E-state index in [0.29, 0.717) is 11.8 Å². The number of benzene rings is 1. The SMILES string of the molecule is CC(C)(C)C1Cc2ccccc2C1.CCC(N)=O. The second-order valence-electron chi connectivity index (χ2n) is 6.06. The van der Waals surface area contributed by atoms with E-state index in [1.165, 1.54) is 12.8 Å². The topological polar surface area (TPSA) is 43.1 Å². The van der Waals surface area contributed by atoms with Crippen molar-refractivity contribution in [2.75, 3.05) is 0 Å². The summed E-state index contributed by atoms with van der Waals surface area (Å²) in [6, 6.07) is 8.87. The Morgan fingerprint density at radius 3 is 1.89 bits per heavy atom. The van der Waals surface area contributed by atoms with Gasteiger partial charge in [0.15, 0.2) is 0 Å². The van der Waals surface area contributed by atoms with Gasteiger partial charge >= 0.3 is 0 Å².